The molecule has 0 spiro atoms. The fourth-order valence-electron chi connectivity index (χ4n) is 1.18. The van der Waals surface area contributed by atoms with Crippen molar-refractivity contribution in [2.45, 2.75) is 19.3 Å². The molecule has 0 aromatic carbocycles. The van der Waals surface area contributed by atoms with Crippen molar-refractivity contribution in [1.82, 2.24) is 0 Å². The number of alkyl halides is 2. The molecular weight excluding hydrogens is 126 g/mol. The van der Waals surface area contributed by atoms with E-state index in [4.69, 9.17) is 5.11 Å². The average molecular weight is 136 g/mol. The van der Waals surface area contributed by atoms with E-state index in [1.165, 1.54) is 6.92 Å². The Kier molecular flexibility index (Phi) is 1.47. The van der Waals surface area contributed by atoms with Gasteiger partial charge in [-0.3, -0.25) is 0 Å². The van der Waals surface area contributed by atoms with Gasteiger partial charge in [-0.25, -0.2) is 8.78 Å². The van der Waals surface area contributed by atoms with E-state index in [0.717, 1.165) is 0 Å². The van der Waals surface area contributed by atoms with Crippen molar-refractivity contribution in [2.75, 3.05) is 6.61 Å². The van der Waals surface area contributed by atoms with Gasteiger partial charge in [0.15, 0.2) is 0 Å². The van der Waals surface area contributed by atoms with Crippen molar-refractivity contribution in [3.63, 3.8) is 0 Å². The first-order valence-corrected chi connectivity index (χ1v) is 3.07. The van der Waals surface area contributed by atoms with E-state index in [1.54, 1.807) is 0 Å². The third-order valence-electron chi connectivity index (χ3n) is 2.06. The van der Waals surface area contributed by atoms with E-state index in [-0.39, 0.29) is 6.61 Å². The molecular formula is C6H10F2O. The third kappa shape index (κ3) is 0.834. The van der Waals surface area contributed by atoms with Crippen LogP contribution in [0.25, 0.3) is 0 Å². The van der Waals surface area contributed by atoms with Gasteiger partial charge < -0.3 is 5.11 Å². The molecule has 1 saturated carbocycles. The van der Waals surface area contributed by atoms with E-state index in [2.05, 4.69) is 0 Å². The van der Waals surface area contributed by atoms with E-state index in [0.29, 0.717) is 6.42 Å². The highest BCUT2D eigenvalue weighted by atomic mass is 19.3. The molecule has 0 aromatic heterocycles. The molecule has 0 heterocycles. The van der Waals surface area contributed by atoms with E-state index in [9.17, 15) is 8.78 Å². The number of aliphatic hydroxyl groups excluding tert-OH is 1. The highest BCUT2D eigenvalue weighted by Crippen LogP contribution is 2.47. The number of hydrogen-bond acceptors (Lipinski definition) is 1. The van der Waals surface area contributed by atoms with Crippen LogP contribution in [0.3, 0.4) is 0 Å². The van der Waals surface area contributed by atoms with Crippen LogP contribution >= 0.6 is 0 Å². The second kappa shape index (κ2) is 1.90. The Labute approximate surface area is 52.7 Å². The molecule has 0 aliphatic heterocycles. The number of aliphatic hydroxyl groups is 1. The molecule has 0 bridgehead atoms. The number of rotatable bonds is 1. The van der Waals surface area contributed by atoms with Gasteiger partial charge in [0, 0.05) is 11.8 Å². The van der Waals surface area contributed by atoms with Crippen LogP contribution in [0.2, 0.25) is 0 Å². The average Bonchev–Trinajstić information content (AvgIpc) is 1.82. The van der Waals surface area contributed by atoms with Crippen LogP contribution in [-0.2, 0) is 0 Å². The zero-order valence-corrected chi connectivity index (χ0v) is 5.27. The highest BCUT2D eigenvalue weighted by Gasteiger charge is 2.54. The minimum atomic E-state index is -2.60. The Hall–Kier alpha value is -0.180. The summed E-state index contributed by atoms with van der Waals surface area (Å²) in [6, 6.07) is 0. The molecule has 0 amide bonds. The summed E-state index contributed by atoms with van der Waals surface area (Å²) in [5.41, 5.74) is 0. The van der Waals surface area contributed by atoms with Crippen molar-refractivity contribution >= 4 is 0 Å². The molecule has 3 heteroatoms. The first-order chi connectivity index (χ1) is 4.09. The third-order valence-corrected chi connectivity index (χ3v) is 2.06. The fraction of sp³-hybridized carbons (Fsp3) is 1.00. The van der Waals surface area contributed by atoms with Gasteiger partial charge in [-0.2, -0.15) is 0 Å². The number of hydrogen-bond donors (Lipinski definition) is 1. The van der Waals surface area contributed by atoms with Crippen LogP contribution < -0.4 is 0 Å². The molecule has 1 rings (SSSR count). The standard InChI is InChI=1S/C6H10F2O/c1-4-2-5(3-9)6(4,7)8/h4-5,9H,2-3H2,1H3. The summed E-state index contributed by atoms with van der Waals surface area (Å²) in [4.78, 5) is 0. The predicted molar refractivity (Wildman–Crippen MR) is 29.3 cm³/mol. The van der Waals surface area contributed by atoms with Crippen molar-refractivity contribution in [2.24, 2.45) is 11.8 Å². The van der Waals surface area contributed by atoms with Crippen LogP contribution in [-0.4, -0.2) is 17.6 Å². The Morgan fingerprint density at radius 3 is 2.33 bits per heavy atom. The lowest BCUT2D eigenvalue weighted by molar-refractivity contribution is -0.192. The molecule has 1 aliphatic carbocycles. The van der Waals surface area contributed by atoms with Gasteiger partial charge in [0.05, 0.1) is 6.61 Å². The lowest BCUT2D eigenvalue weighted by Gasteiger charge is -2.41. The maximum absolute atomic E-state index is 12.4. The van der Waals surface area contributed by atoms with E-state index in [1.807, 2.05) is 0 Å². The summed E-state index contributed by atoms with van der Waals surface area (Å²) < 4.78 is 24.9. The Morgan fingerprint density at radius 2 is 2.22 bits per heavy atom. The highest BCUT2D eigenvalue weighted by molar-refractivity contribution is 4.93. The normalized spacial score (nSPS) is 40.0. The smallest absolute Gasteiger partial charge is 0.255 e. The first kappa shape index (κ1) is 6.93. The van der Waals surface area contributed by atoms with Gasteiger partial charge in [0.2, 0.25) is 0 Å². The summed E-state index contributed by atoms with van der Waals surface area (Å²) in [6.07, 6.45) is 0.462. The van der Waals surface area contributed by atoms with Gasteiger partial charge in [-0.15, -0.1) is 0 Å². The van der Waals surface area contributed by atoms with Crippen LogP contribution in [0.15, 0.2) is 0 Å². The largest absolute Gasteiger partial charge is 0.396 e. The van der Waals surface area contributed by atoms with Crippen LogP contribution in [0.4, 0.5) is 8.78 Å². The maximum atomic E-state index is 12.4. The zero-order chi connectivity index (χ0) is 7.07. The van der Waals surface area contributed by atoms with Crippen LogP contribution in [0, 0.1) is 11.8 Å². The van der Waals surface area contributed by atoms with E-state index < -0.39 is 17.8 Å². The van der Waals surface area contributed by atoms with Crippen LogP contribution in [0.5, 0.6) is 0 Å². The van der Waals surface area contributed by atoms with Gasteiger partial charge in [-0.1, -0.05) is 6.92 Å². The summed E-state index contributed by atoms with van der Waals surface area (Å²) in [7, 11) is 0. The molecule has 2 atom stereocenters. The maximum Gasteiger partial charge on any atom is 0.255 e. The molecule has 1 nitrogen and oxygen atoms in total. The summed E-state index contributed by atoms with van der Waals surface area (Å²) >= 11 is 0. The summed E-state index contributed by atoms with van der Waals surface area (Å²) in [5, 5.41) is 8.36. The van der Waals surface area contributed by atoms with Crippen LogP contribution in [0.1, 0.15) is 13.3 Å². The van der Waals surface area contributed by atoms with E-state index >= 15 is 0 Å². The number of halogens is 2. The predicted octanol–water partition coefficient (Wildman–Crippen LogP) is 1.27. The van der Waals surface area contributed by atoms with Crippen molar-refractivity contribution in [3.05, 3.63) is 0 Å². The molecule has 0 aromatic rings. The van der Waals surface area contributed by atoms with Gasteiger partial charge in [0.1, 0.15) is 0 Å². The minimum absolute atomic E-state index is 0.378. The monoisotopic (exact) mass is 136 g/mol. The molecule has 2 unspecified atom stereocenters. The SMILES string of the molecule is CC1CC(CO)C1(F)F. The molecule has 1 N–H and O–H groups in total. The molecule has 1 aliphatic rings. The van der Waals surface area contributed by atoms with Gasteiger partial charge in [-0.05, 0) is 6.42 Å². The summed E-state index contributed by atoms with van der Waals surface area (Å²) in [5.74, 6) is -3.91. The Balaban J connectivity index is 2.48. The molecule has 54 valence electrons. The van der Waals surface area contributed by atoms with Crippen molar-refractivity contribution in [1.29, 1.82) is 0 Å². The Bertz CT molecular complexity index is 114. The molecule has 1 fully saturated rings. The van der Waals surface area contributed by atoms with Gasteiger partial charge in [0.25, 0.3) is 5.92 Å². The topological polar surface area (TPSA) is 20.2 Å². The van der Waals surface area contributed by atoms with Crippen molar-refractivity contribution in [3.8, 4) is 0 Å². The lowest BCUT2D eigenvalue weighted by Crippen LogP contribution is -2.48. The second-order valence-electron chi connectivity index (χ2n) is 2.69. The fourth-order valence-corrected chi connectivity index (χ4v) is 1.18. The minimum Gasteiger partial charge on any atom is -0.396 e. The lowest BCUT2D eigenvalue weighted by atomic mass is 9.72. The molecule has 0 radical (unpaired) electrons. The molecule has 9 heavy (non-hydrogen) atoms. The molecule has 0 saturated heterocycles. The zero-order valence-electron chi connectivity index (χ0n) is 5.27. The first-order valence-electron chi connectivity index (χ1n) is 3.07. The van der Waals surface area contributed by atoms with Gasteiger partial charge >= 0.3 is 0 Å². The second-order valence-corrected chi connectivity index (χ2v) is 2.69. The quantitative estimate of drug-likeness (QED) is 0.575. The van der Waals surface area contributed by atoms with Crippen molar-refractivity contribution < 1.29 is 13.9 Å². The Morgan fingerprint density at radius 1 is 1.67 bits per heavy atom. The summed E-state index contributed by atoms with van der Waals surface area (Å²) in [6.45, 7) is 1.13.